The Hall–Kier alpha value is -3.20. The topological polar surface area (TPSA) is 107 Å². The molecule has 1 aliphatic carbocycles. The summed E-state index contributed by atoms with van der Waals surface area (Å²) in [5.74, 6) is 1.02. The van der Waals surface area contributed by atoms with Crippen LogP contribution in [0.25, 0.3) is 16.6 Å². The number of carbonyl (C=O) groups is 1. The van der Waals surface area contributed by atoms with Gasteiger partial charge in [-0.2, -0.15) is 0 Å². The summed E-state index contributed by atoms with van der Waals surface area (Å²) in [7, 11) is 0. The van der Waals surface area contributed by atoms with Crippen molar-refractivity contribution in [2.75, 3.05) is 5.75 Å². The van der Waals surface area contributed by atoms with Gasteiger partial charge in [0.1, 0.15) is 0 Å². The van der Waals surface area contributed by atoms with E-state index in [1.54, 1.807) is 24.3 Å². The molecule has 0 saturated heterocycles. The molecule has 0 aliphatic heterocycles. The molecule has 0 radical (unpaired) electrons. The second-order valence-corrected chi connectivity index (χ2v) is 9.50. The molecule has 1 amide bonds. The van der Waals surface area contributed by atoms with E-state index in [0.29, 0.717) is 33.6 Å². The molecule has 1 N–H and O–H groups in total. The van der Waals surface area contributed by atoms with E-state index in [9.17, 15) is 19.7 Å². The predicted molar refractivity (Wildman–Crippen MR) is 129 cm³/mol. The zero-order valence-electron chi connectivity index (χ0n) is 18.6. The number of benzene rings is 2. The van der Waals surface area contributed by atoms with Crippen LogP contribution in [0.2, 0.25) is 0 Å². The van der Waals surface area contributed by atoms with Crippen LogP contribution in [-0.4, -0.2) is 32.2 Å². The van der Waals surface area contributed by atoms with Crippen molar-refractivity contribution < 1.29 is 9.72 Å². The van der Waals surface area contributed by atoms with Crippen LogP contribution in [-0.2, 0) is 4.79 Å². The summed E-state index contributed by atoms with van der Waals surface area (Å²) in [6.07, 6.45) is 3.27. The third kappa shape index (κ3) is 4.93. The molecular weight excluding hydrogens is 440 g/mol. The van der Waals surface area contributed by atoms with E-state index in [4.69, 9.17) is 0 Å². The fourth-order valence-corrected chi connectivity index (χ4v) is 5.15. The van der Waals surface area contributed by atoms with E-state index in [1.165, 1.54) is 47.0 Å². The number of hydrogen-bond acceptors (Lipinski definition) is 6. The van der Waals surface area contributed by atoms with Gasteiger partial charge in [0.25, 0.3) is 11.2 Å². The Morgan fingerprint density at radius 2 is 1.91 bits per heavy atom. The monoisotopic (exact) mass is 466 g/mol. The maximum absolute atomic E-state index is 13.3. The van der Waals surface area contributed by atoms with Crippen LogP contribution < -0.4 is 10.9 Å². The van der Waals surface area contributed by atoms with Gasteiger partial charge in [-0.15, -0.1) is 0 Å². The average Bonchev–Trinajstić information content (AvgIpc) is 2.81. The van der Waals surface area contributed by atoms with Crippen molar-refractivity contribution in [3.8, 4) is 5.69 Å². The van der Waals surface area contributed by atoms with Crippen LogP contribution in [0.4, 0.5) is 5.69 Å². The van der Waals surface area contributed by atoms with Gasteiger partial charge in [-0.3, -0.25) is 24.3 Å². The SMILES string of the molecule is C[C@H]1[C@H](C)CCC[C@H]1NC(=O)CSc1nc2ccccc2c(=O)n1-c1ccc([N+](=O)[O-])cc1. The lowest BCUT2D eigenvalue weighted by Crippen LogP contribution is -2.44. The van der Waals surface area contributed by atoms with Gasteiger partial charge in [0.15, 0.2) is 5.16 Å². The largest absolute Gasteiger partial charge is 0.352 e. The molecule has 1 saturated carbocycles. The molecule has 172 valence electrons. The lowest BCUT2D eigenvalue weighted by atomic mass is 9.78. The third-order valence-electron chi connectivity index (χ3n) is 6.45. The van der Waals surface area contributed by atoms with Crippen molar-refractivity contribution >= 4 is 34.3 Å². The molecule has 1 heterocycles. The lowest BCUT2D eigenvalue weighted by Gasteiger charge is -2.34. The maximum Gasteiger partial charge on any atom is 0.269 e. The minimum Gasteiger partial charge on any atom is -0.352 e. The number of carbonyl (C=O) groups excluding carboxylic acids is 1. The minimum absolute atomic E-state index is 0.0649. The Morgan fingerprint density at radius 3 is 2.64 bits per heavy atom. The number of aromatic nitrogens is 2. The second kappa shape index (κ2) is 9.74. The number of rotatable bonds is 6. The molecule has 1 aliphatic rings. The van der Waals surface area contributed by atoms with Crippen LogP contribution >= 0.6 is 11.8 Å². The number of thioether (sulfide) groups is 1. The number of amides is 1. The van der Waals surface area contributed by atoms with Crippen LogP contribution in [0.15, 0.2) is 58.5 Å². The zero-order chi connectivity index (χ0) is 23.5. The van der Waals surface area contributed by atoms with Gasteiger partial charge in [-0.05, 0) is 42.5 Å². The zero-order valence-corrected chi connectivity index (χ0v) is 19.4. The van der Waals surface area contributed by atoms with E-state index >= 15 is 0 Å². The molecule has 3 aromatic rings. The number of nitro groups is 1. The molecule has 1 fully saturated rings. The van der Waals surface area contributed by atoms with Gasteiger partial charge in [-0.1, -0.05) is 50.6 Å². The number of non-ortho nitro benzene ring substituents is 1. The van der Waals surface area contributed by atoms with Crippen molar-refractivity contribution in [2.24, 2.45) is 11.8 Å². The van der Waals surface area contributed by atoms with Crippen LogP contribution in [0.1, 0.15) is 33.1 Å². The highest BCUT2D eigenvalue weighted by Crippen LogP contribution is 2.30. The van der Waals surface area contributed by atoms with E-state index in [1.807, 2.05) is 0 Å². The maximum atomic E-state index is 13.3. The molecular formula is C24H26N4O4S. The first kappa shape index (κ1) is 23.0. The molecule has 9 heteroatoms. The van der Waals surface area contributed by atoms with Gasteiger partial charge < -0.3 is 5.32 Å². The molecule has 3 atom stereocenters. The van der Waals surface area contributed by atoms with E-state index < -0.39 is 4.92 Å². The van der Waals surface area contributed by atoms with Gasteiger partial charge in [0.05, 0.1) is 27.3 Å². The summed E-state index contributed by atoms with van der Waals surface area (Å²) in [5, 5.41) is 15.0. The second-order valence-electron chi connectivity index (χ2n) is 8.56. The summed E-state index contributed by atoms with van der Waals surface area (Å²) < 4.78 is 1.41. The molecule has 8 nitrogen and oxygen atoms in total. The van der Waals surface area contributed by atoms with E-state index in [0.717, 1.165) is 12.8 Å². The number of nitrogens with one attached hydrogen (secondary N) is 1. The normalized spacial score (nSPS) is 20.5. The summed E-state index contributed by atoms with van der Waals surface area (Å²) in [5.41, 5.74) is 0.650. The van der Waals surface area contributed by atoms with Crippen molar-refractivity contribution in [1.29, 1.82) is 0 Å². The van der Waals surface area contributed by atoms with E-state index in [2.05, 4.69) is 24.1 Å². The molecule has 33 heavy (non-hydrogen) atoms. The fraction of sp³-hybridized carbons (Fsp3) is 0.375. The Labute approximate surface area is 195 Å². The van der Waals surface area contributed by atoms with Gasteiger partial charge in [0.2, 0.25) is 5.91 Å². The molecule has 0 bridgehead atoms. The number of hydrogen-bond donors (Lipinski definition) is 1. The van der Waals surface area contributed by atoms with Crippen molar-refractivity contribution in [2.45, 2.75) is 44.3 Å². The third-order valence-corrected chi connectivity index (χ3v) is 7.39. The van der Waals surface area contributed by atoms with Gasteiger partial charge >= 0.3 is 0 Å². The fourth-order valence-electron chi connectivity index (χ4n) is 4.32. The summed E-state index contributed by atoms with van der Waals surface area (Å²) >= 11 is 1.19. The highest BCUT2D eigenvalue weighted by atomic mass is 32.2. The summed E-state index contributed by atoms with van der Waals surface area (Å²) in [6.45, 7) is 4.40. The number of fused-ring (bicyclic) bond motifs is 1. The molecule has 0 unspecified atom stereocenters. The summed E-state index contributed by atoms with van der Waals surface area (Å²) in [6, 6.07) is 12.9. The first-order valence-electron chi connectivity index (χ1n) is 11.0. The first-order chi connectivity index (χ1) is 15.8. The lowest BCUT2D eigenvalue weighted by molar-refractivity contribution is -0.384. The van der Waals surface area contributed by atoms with Crippen molar-refractivity contribution in [3.05, 3.63) is 69.0 Å². The van der Waals surface area contributed by atoms with E-state index in [-0.39, 0.29) is 28.9 Å². The average molecular weight is 467 g/mol. The highest BCUT2D eigenvalue weighted by molar-refractivity contribution is 7.99. The molecule has 0 spiro atoms. The number of para-hydroxylation sites is 1. The molecule has 2 aromatic carbocycles. The standard InChI is InChI=1S/C24H26N4O4S/c1-15-6-5-9-20(16(15)2)25-22(29)14-33-24-26-21-8-4-3-7-19(21)23(30)27(24)17-10-12-18(13-11-17)28(31)32/h3-4,7-8,10-13,15-16,20H,5-6,9,14H2,1-2H3,(H,25,29)/t15-,16+,20-/m1/s1. The Kier molecular flexibility index (Phi) is 6.78. The minimum atomic E-state index is -0.488. The van der Waals surface area contributed by atoms with Crippen LogP contribution in [0, 0.1) is 22.0 Å². The first-order valence-corrected chi connectivity index (χ1v) is 12.0. The van der Waals surface area contributed by atoms with Crippen molar-refractivity contribution in [3.63, 3.8) is 0 Å². The van der Waals surface area contributed by atoms with Gasteiger partial charge in [0, 0.05) is 18.2 Å². The number of nitro benzene ring substituents is 1. The smallest absolute Gasteiger partial charge is 0.269 e. The quantitative estimate of drug-likeness (QED) is 0.251. The Balaban J connectivity index is 1.62. The number of nitrogens with zero attached hydrogens (tertiary/aromatic N) is 3. The highest BCUT2D eigenvalue weighted by Gasteiger charge is 2.28. The van der Waals surface area contributed by atoms with Gasteiger partial charge in [-0.25, -0.2) is 4.98 Å². The molecule has 4 rings (SSSR count). The summed E-state index contributed by atoms with van der Waals surface area (Å²) in [4.78, 5) is 41.2. The van der Waals surface area contributed by atoms with Crippen molar-refractivity contribution in [1.82, 2.24) is 14.9 Å². The molecule has 1 aromatic heterocycles. The van der Waals surface area contributed by atoms with Crippen LogP contribution in [0.3, 0.4) is 0 Å². The van der Waals surface area contributed by atoms with Crippen LogP contribution in [0.5, 0.6) is 0 Å². The Morgan fingerprint density at radius 1 is 1.18 bits per heavy atom. The predicted octanol–water partition coefficient (Wildman–Crippen LogP) is 4.33. The Bertz CT molecular complexity index is 1240.